The van der Waals surface area contributed by atoms with Gasteiger partial charge in [0.25, 0.3) is 0 Å². The Morgan fingerprint density at radius 3 is 2.80 bits per heavy atom. The van der Waals surface area contributed by atoms with Gasteiger partial charge in [-0.2, -0.15) is 0 Å². The van der Waals surface area contributed by atoms with E-state index in [0.717, 1.165) is 12.0 Å². The van der Waals surface area contributed by atoms with Crippen molar-refractivity contribution in [2.45, 2.75) is 31.7 Å². The minimum absolute atomic E-state index is 0.785. The Hall–Kier alpha value is -0.530. The third-order valence-electron chi connectivity index (χ3n) is 2.79. The normalized spacial score (nSPS) is 41.9. The highest BCUT2D eigenvalue weighted by molar-refractivity contribution is 5.83. The fraction of sp³-hybridized carbons (Fsp3) is 0.875. The molecule has 0 spiro atoms. The topological polar surface area (TPSA) is 24.4 Å². The van der Waals surface area contributed by atoms with Gasteiger partial charge in [-0.3, -0.25) is 4.99 Å². The van der Waals surface area contributed by atoms with E-state index >= 15 is 0 Å². The second-order valence-electron chi connectivity index (χ2n) is 3.30. The van der Waals surface area contributed by atoms with E-state index in [9.17, 15) is 0 Å². The van der Waals surface area contributed by atoms with Gasteiger partial charge < -0.3 is 5.32 Å². The minimum atomic E-state index is 0.785. The Labute approximate surface area is 61.7 Å². The van der Waals surface area contributed by atoms with Crippen molar-refractivity contribution in [3.8, 4) is 0 Å². The lowest BCUT2D eigenvalue weighted by Gasteiger charge is -2.42. The summed E-state index contributed by atoms with van der Waals surface area (Å²) in [4.78, 5) is 4.17. The van der Waals surface area contributed by atoms with Gasteiger partial charge in [-0.05, 0) is 25.2 Å². The van der Waals surface area contributed by atoms with Crippen LogP contribution in [0.5, 0.6) is 0 Å². The highest BCUT2D eigenvalue weighted by atomic mass is 15.0. The number of amidine groups is 1. The number of hydrogen-bond donors (Lipinski definition) is 1. The van der Waals surface area contributed by atoms with E-state index in [2.05, 4.69) is 10.3 Å². The zero-order chi connectivity index (χ0) is 6.97. The van der Waals surface area contributed by atoms with E-state index in [-0.39, 0.29) is 0 Å². The number of fused-ring (bicyclic) bond motifs is 1. The average Bonchev–Trinajstić information content (AvgIpc) is 1.92. The van der Waals surface area contributed by atoms with Crippen LogP contribution in [0.3, 0.4) is 0 Å². The Morgan fingerprint density at radius 2 is 2.30 bits per heavy atom. The molecule has 0 bridgehead atoms. The van der Waals surface area contributed by atoms with Gasteiger partial charge in [0.2, 0.25) is 0 Å². The molecule has 2 nitrogen and oxygen atoms in total. The highest BCUT2D eigenvalue weighted by Crippen LogP contribution is 2.34. The maximum Gasteiger partial charge on any atom is 0.0961 e. The van der Waals surface area contributed by atoms with Gasteiger partial charge in [0.1, 0.15) is 0 Å². The van der Waals surface area contributed by atoms with E-state index in [1.807, 2.05) is 7.05 Å². The summed E-state index contributed by atoms with van der Waals surface area (Å²) < 4.78 is 0. The second kappa shape index (κ2) is 2.26. The highest BCUT2D eigenvalue weighted by Gasteiger charge is 2.34. The first-order valence-electron chi connectivity index (χ1n) is 4.12. The summed E-state index contributed by atoms with van der Waals surface area (Å²) in [6.07, 6.45) is 5.35. The molecule has 0 aromatic carbocycles. The van der Waals surface area contributed by atoms with E-state index in [4.69, 9.17) is 0 Å². The smallest absolute Gasteiger partial charge is 0.0961 e. The van der Waals surface area contributed by atoms with Gasteiger partial charge in [-0.1, -0.05) is 0 Å². The molecule has 0 aromatic heterocycles. The van der Waals surface area contributed by atoms with Gasteiger partial charge in [-0.25, -0.2) is 0 Å². The number of nitrogens with one attached hydrogen (secondary N) is 1. The van der Waals surface area contributed by atoms with E-state index in [1.54, 1.807) is 0 Å². The van der Waals surface area contributed by atoms with E-state index in [0.29, 0.717) is 0 Å². The molecule has 1 saturated carbocycles. The molecule has 2 rings (SSSR count). The molecular weight excluding hydrogens is 124 g/mol. The monoisotopic (exact) mass is 138 g/mol. The van der Waals surface area contributed by atoms with Crippen LogP contribution in [0, 0.1) is 5.92 Å². The first-order chi connectivity index (χ1) is 4.90. The van der Waals surface area contributed by atoms with Gasteiger partial charge >= 0.3 is 0 Å². The predicted octanol–water partition coefficient (Wildman–Crippen LogP) is 1.18. The Morgan fingerprint density at radius 1 is 1.40 bits per heavy atom. The quantitative estimate of drug-likeness (QED) is 0.534. The first kappa shape index (κ1) is 6.20. The number of hydrogen-bond acceptors (Lipinski definition) is 1. The number of nitrogens with zero attached hydrogens (tertiary/aromatic N) is 1. The third-order valence-corrected chi connectivity index (χ3v) is 2.79. The van der Waals surface area contributed by atoms with Crippen LogP contribution in [0.2, 0.25) is 0 Å². The lowest BCUT2D eigenvalue weighted by Crippen LogP contribution is -2.50. The van der Waals surface area contributed by atoms with Gasteiger partial charge in [-0.15, -0.1) is 0 Å². The largest absolute Gasteiger partial charge is 0.371 e. The second-order valence-corrected chi connectivity index (χ2v) is 3.30. The van der Waals surface area contributed by atoms with Crippen LogP contribution in [0.1, 0.15) is 25.7 Å². The molecule has 1 N–H and O–H groups in total. The van der Waals surface area contributed by atoms with E-state index < -0.39 is 0 Å². The molecule has 2 heteroatoms. The first-order valence-corrected chi connectivity index (χ1v) is 4.12. The third kappa shape index (κ3) is 0.825. The van der Waals surface area contributed by atoms with Crippen molar-refractivity contribution in [2.24, 2.45) is 10.9 Å². The summed E-state index contributed by atoms with van der Waals surface area (Å²) in [5.41, 5.74) is 0. The van der Waals surface area contributed by atoms with Crippen molar-refractivity contribution in [1.29, 1.82) is 0 Å². The van der Waals surface area contributed by atoms with Crippen LogP contribution in [0.25, 0.3) is 0 Å². The summed E-state index contributed by atoms with van der Waals surface area (Å²) in [6, 6.07) is 0.785. The molecule has 1 aliphatic heterocycles. The molecular formula is C8H14N2. The van der Waals surface area contributed by atoms with Crippen LogP contribution in [0.15, 0.2) is 4.99 Å². The predicted molar refractivity (Wildman–Crippen MR) is 42.2 cm³/mol. The van der Waals surface area contributed by atoms with Crippen molar-refractivity contribution in [3.63, 3.8) is 0 Å². The molecule has 1 aliphatic carbocycles. The molecule has 56 valence electrons. The Kier molecular flexibility index (Phi) is 1.40. The molecule has 0 aromatic rings. The number of piperidine rings is 1. The lowest BCUT2D eigenvalue weighted by atomic mass is 9.74. The van der Waals surface area contributed by atoms with Crippen LogP contribution in [0.4, 0.5) is 0 Å². The zero-order valence-electron chi connectivity index (χ0n) is 6.43. The van der Waals surface area contributed by atoms with Crippen molar-refractivity contribution in [3.05, 3.63) is 0 Å². The van der Waals surface area contributed by atoms with Gasteiger partial charge in [0, 0.05) is 19.5 Å². The SMILES string of the molecule is CN=C1CCC2CCC2N1. The van der Waals surface area contributed by atoms with Crippen molar-refractivity contribution < 1.29 is 0 Å². The molecule has 2 unspecified atom stereocenters. The Balaban J connectivity index is 1.98. The van der Waals surface area contributed by atoms with Crippen molar-refractivity contribution in [1.82, 2.24) is 5.32 Å². The van der Waals surface area contributed by atoms with Crippen molar-refractivity contribution >= 4 is 5.84 Å². The maximum atomic E-state index is 4.17. The molecule has 2 aliphatic rings. The number of rotatable bonds is 0. The average molecular weight is 138 g/mol. The lowest BCUT2D eigenvalue weighted by molar-refractivity contribution is 0.205. The van der Waals surface area contributed by atoms with Crippen LogP contribution < -0.4 is 5.32 Å². The molecule has 1 heterocycles. The molecule has 1 saturated heterocycles. The molecule has 0 radical (unpaired) electrons. The fourth-order valence-electron chi connectivity index (χ4n) is 1.89. The molecule has 10 heavy (non-hydrogen) atoms. The summed E-state index contributed by atoms with van der Waals surface area (Å²) in [5.74, 6) is 2.20. The van der Waals surface area contributed by atoms with Crippen LogP contribution >= 0.6 is 0 Å². The van der Waals surface area contributed by atoms with Crippen LogP contribution in [-0.4, -0.2) is 18.9 Å². The standard InChI is InChI=1S/C8H14N2/c1-9-8-5-3-6-2-4-7(6)10-8/h6-7H,2-5H2,1H3,(H,9,10). The molecule has 0 amide bonds. The van der Waals surface area contributed by atoms with Gasteiger partial charge in [0.15, 0.2) is 0 Å². The zero-order valence-corrected chi connectivity index (χ0v) is 6.43. The van der Waals surface area contributed by atoms with Gasteiger partial charge in [0.05, 0.1) is 5.84 Å². The molecule has 2 fully saturated rings. The Bertz CT molecular complexity index is 163. The van der Waals surface area contributed by atoms with E-state index in [1.165, 1.54) is 31.5 Å². The molecule has 2 atom stereocenters. The summed E-state index contributed by atoms with van der Waals surface area (Å²) in [7, 11) is 1.88. The van der Waals surface area contributed by atoms with Crippen LogP contribution in [-0.2, 0) is 0 Å². The minimum Gasteiger partial charge on any atom is -0.371 e. The summed E-state index contributed by atoms with van der Waals surface area (Å²) in [5, 5.41) is 3.45. The van der Waals surface area contributed by atoms with Crippen molar-refractivity contribution in [2.75, 3.05) is 7.05 Å². The fourth-order valence-corrected chi connectivity index (χ4v) is 1.89. The maximum absolute atomic E-state index is 4.17. The summed E-state index contributed by atoms with van der Waals surface area (Å²) >= 11 is 0. The number of aliphatic imine (C=N–C) groups is 1. The summed E-state index contributed by atoms with van der Waals surface area (Å²) in [6.45, 7) is 0.